The molecule has 0 saturated heterocycles. The van der Waals surface area contributed by atoms with Gasteiger partial charge in [-0.2, -0.15) is 0 Å². The van der Waals surface area contributed by atoms with E-state index >= 15 is 0 Å². The van der Waals surface area contributed by atoms with Crippen molar-refractivity contribution in [1.29, 1.82) is 0 Å². The van der Waals surface area contributed by atoms with Gasteiger partial charge in [0.2, 0.25) is 5.95 Å². The SMILES string of the molecule is CCOC(=O)CNc1nnc2ccccc2n1. The molecule has 1 aromatic carbocycles. The first-order chi connectivity index (χ1) is 8.29. The Morgan fingerprint density at radius 1 is 1.29 bits per heavy atom. The molecule has 88 valence electrons. The second kappa shape index (κ2) is 5.20. The molecule has 0 unspecified atom stereocenters. The van der Waals surface area contributed by atoms with Crippen molar-refractivity contribution in [3.8, 4) is 0 Å². The topological polar surface area (TPSA) is 77.0 Å². The largest absolute Gasteiger partial charge is 0.465 e. The zero-order valence-electron chi connectivity index (χ0n) is 9.38. The number of fused-ring (bicyclic) bond motifs is 1. The van der Waals surface area contributed by atoms with E-state index in [1.54, 1.807) is 6.92 Å². The van der Waals surface area contributed by atoms with Crippen LogP contribution in [-0.2, 0) is 9.53 Å². The number of carbonyl (C=O) groups excluding carboxylic acids is 1. The monoisotopic (exact) mass is 232 g/mol. The number of benzene rings is 1. The van der Waals surface area contributed by atoms with Gasteiger partial charge in [0.05, 0.1) is 12.1 Å². The predicted molar refractivity (Wildman–Crippen MR) is 62.5 cm³/mol. The van der Waals surface area contributed by atoms with Crippen LogP contribution in [0.5, 0.6) is 0 Å². The molecule has 2 aromatic rings. The Morgan fingerprint density at radius 3 is 2.82 bits per heavy atom. The maximum atomic E-state index is 11.1. The molecule has 0 atom stereocenters. The van der Waals surface area contributed by atoms with Crippen LogP contribution in [0.3, 0.4) is 0 Å². The number of nitrogens with one attached hydrogen (secondary N) is 1. The highest BCUT2D eigenvalue weighted by Gasteiger charge is 2.04. The summed E-state index contributed by atoms with van der Waals surface area (Å²) in [6, 6.07) is 7.39. The number of carbonyl (C=O) groups is 1. The highest BCUT2D eigenvalue weighted by atomic mass is 16.5. The first-order valence-electron chi connectivity index (χ1n) is 5.28. The lowest BCUT2D eigenvalue weighted by Gasteiger charge is -2.04. The molecule has 0 amide bonds. The molecule has 1 aromatic heterocycles. The minimum absolute atomic E-state index is 0.0356. The molecule has 0 aliphatic heterocycles. The number of hydrogen-bond donors (Lipinski definition) is 1. The van der Waals surface area contributed by atoms with E-state index in [0.29, 0.717) is 18.1 Å². The van der Waals surface area contributed by atoms with Crippen molar-refractivity contribution >= 4 is 23.0 Å². The molecule has 0 aliphatic rings. The van der Waals surface area contributed by atoms with E-state index in [0.717, 1.165) is 5.52 Å². The van der Waals surface area contributed by atoms with E-state index in [1.165, 1.54) is 0 Å². The number of para-hydroxylation sites is 1. The average Bonchev–Trinajstić information content (AvgIpc) is 2.36. The summed E-state index contributed by atoms with van der Waals surface area (Å²) in [5.74, 6) is -0.0268. The third-order valence-corrected chi connectivity index (χ3v) is 2.06. The van der Waals surface area contributed by atoms with Crippen LogP contribution in [0.15, 0.2) is 24.3 Å². The van der Waals surface area contributed by atoms with Crippen LogP contribution in [0.25, 0.3) is 11.0 Å². The maximum absolute atomic E-state index is 11.1. The van der Waals surface area contributed by atoms with Gasteiger partial charge in [-0.25, -0.2) is 4.98 Å². The lowest BCUT2D eigenvalue weighted by Crippen LogP contribution is -2.18. The Balaban J connectivity index is 2.06. The molecule has 0 saturated carbocycles. The normalized spacial score (nSPS) is 10.2. The lowest BCUT2D eigenvalue weighted by atomic mass is 10.3. The molecule has 0 spiro atoms. The number of nitrogens with zero attached hydrogens (tertiary/aromatic N) is 3. The molecule has 6 heteroatoms. The summed E-state index contributed by atoms with van der Waals surface area (Å²) in [5.41, 5.74) is 1.45. The fourth-order valence-electron chi connectivity index (χ4n) is 1.32. The van der Waals surface area contributed by atoms with Crippen molar-refractivity contribution in [1.82, 2.24) is 15.2 Å². The van der Waals surface area contributed by atoms with E-state index in [-0.39, 0.29) is 12.5 Å². The Kier molecular flexibility index (Phi) is 3.44. The van der Waals surface area contributed by atoms with Gasteiger partial charge < -0.3 is 10.1 Å². The standard InChI is InChI=1S/C11H12N4O2/c1-2-17-10(16)7-12-11-13-8-5-3-4-6-9(8)14-15-11/h3-6H,2,7H2,1H3,(H,12,13,15). The summed E-state index contributed by atoms with van der Waals surface area (Å²) in [4.78, 5) is 15.3. The third kappa shape index (κ3) is 2.87. The molecule has 0 radical (unpaired) electrons. The fourth-order valence-corrected chi connectivity index (χ4v) is 1.32. The molecule has 17 heavy (non-hydrogen) atoms. The summed E-state index contributed by atoms with van der Waals surface area (Å²) >= 11 is 0. The van der Waals surface area contributed by atoms with Crippen LogP contribution in [0, 0.1) is 0 Å². The van der Waals surface area contributed by atoms with Crippen molar-refractivity contribution in [3.63, 3.8) is 0 Å². The number of ether oxygens (including phenoxy) is 1. The van der Waals surface area contributed by atoms with E-state index in [2.05, 4.69) is 20.5 Å². The summed E-state index contributed by atoms with van der Waals surface area (Å²) in [6.07, 6.45) is 0. The minimum atomic E-state index is -0.343. The molecule has 1 N–H and O–H groups in total. The van der Waals surface area contributed by atoms with Gasteiger partial charge in [0, 0.05) is 0 Å². The first kappa shape index (κ1) is 11.3. The molecule has 2 rings (SSSR count). The summed E-state index contributed by atoms with van der Waals surface area (Å²) in [6.45, 7) is 2.15. The molecule has 1 heterocycles. The Labute approximate surface area is 98.0 Å². The number of rotatable bonds is 4. The van der Waals surface area contributed by atoms with E-state index < -0.39 is 0 Å². The third-order valence-electron chi connectivity index (χ3n) is 2.06. The predicted octanol–water partition coefficient (Wildman–Crippen LogP) is 1.000. The van der Waals surface area contributed by atoms with Crippen LogP contribution in [-0.4, -0.2) is 34.3 Å². The number of anilines is 1. The van der Waals surface area contributed by atoms with Crippen molar-refractivity contribution < 1.29 is 9.53 Å². The Hall–Kier alpha value is -2.24. The van der Waals surface area contributed by atoms with Gasteiger partial charge in [0.1, 0.15) is 12.1 Å². The van der Waals surface area contributed by atoms with Crippen LogP contribution >= 0.6 is 0 Å². The van der Waals surface area contributed by atoms with Crippen molar-refractivity contribution in [2.24, 2.45) is 0 Å². The zero-order chi connectivity index (χ0) is 12.1. The van der Waals surface area contributed by atoms with E-state index in [4.69, 9.17) is 4.74 Å². The summed E-state index contributed by atoms with van der Waals surface area (Å²) < 4.78 is 4.77. The maximum Gasteiger partial charge on any atom is 0.325 e. The summed E-state index contributed by atoms with van der Waals surface area (Å²) in [7, 11) is 0. The van der Waals surface area contributed by atoms with Gasteiger partial charge in [0.15, 0.2) is 0 Å². The van der Waals surface area contributed by atoms with E-state index in [1.807, 2.05) is 24.3 Å². The van der Waals surface area contributed by atoms with Gasteiger partial charge in [0.25, 0.3) is 0 Å². The van der Waals surface area contributed by atoms with Gasteiger partial charge in [-0.3, -0.25) is 4.79 Å². The Morgan fingerprint density at radius 2 is 2.06 bits per heavy atom. The van der Waals surface area contributed by atoms with Crippen LogP contribution in [0.1, 0.15) is 6.92 Å². The second-order valence-electron chi connectivity index (χ2n) is 3.28. The highest BCUT2D eigenvalue weighted by Crippen LogP contribution is 2.08. The molecular weight excluding hydrogens is 220 g/mol. The number of aromatic nitrogens is 3. The van der Waals surface area contributed by atoms with Gasteiger partial charge in [-0.05, 0) is 19.1 Å². The Bertz CT molecular complexity index is 530. The molecule has 0 bridgehead atoms. The van der Waals surface area contributed by atoms with Gasteiger partial charge in [-0.1, -0.05) is 12.1 Å². The number of esters is 1. The smallest absolute Gasteiger partial charge is 0.325 e. The molecule has 0 aliphatic carbocycles. The second-order valence-corrected chi connectivity index (χ2v) is 3.28. The zero-order valence-corrected chi connectivity index (χ0v) is 9.38. The first-order valence-corrected chi connectivity index (χ1v) is 5.28. The quantitative estimate of drug-likeness (QED) is 0.792. The molecular formula is C11H12N4O2. The fraction of sp³-hybridized carbons (Fsp3) is 0.273. The van der Waals surface area contributed by atoms with Gasteiger partial charge in [-0.15, -0.1) is 10.2 Å². The minimum Gasteiger partial charge on any atom is -0.465 e. The summed E-state index contributed by atoms with van der Waals surface area (Å²) in [5, 5.41) is 10.6. The molecule has 6 nitrogen and oxygen atoms in total. The van der Waals surface area contributed by atoms with Crippen molar-refractivity contribution in [2.45, 2.75) is 6.92 Å². The van der Waals surface area contributed by atoms with Crippen LogP contribution in [0.4, 0.5) is 5.95 Å². The number of hydrogen-bond acceptors (Lipinski definition) is 6. The average molecular weight is 232 g/mol. The molecule has 0 fully saturated rings. The van der Waals surface area contributed by atoms with Crippen LogP contribution in [0.2, 0.25) is 0 Å². The highest BCUT2D eigenvalue weighted by molar-refractivity contribution is 5.76. The van der Waals surface area contributed by atoms with Crippen molar-refractivity contribution in [3.05, 3.63) is 24.3 Å². The van der Waals surface area contributed by atoms with E-state index in [9.17, 15) is 4.79 Å². The van der Waals surface area contributed by atoms with Gasteiger partial charge >= 0.3 is 5.97 Å². The lowest BCUT2D eigenvalue weighted by molar-refractivity contribution is -0.140. The van der Waals surface area contributed by atoms with Crippen LogP contribution < -0.4 is 5.32 Å². The van der Waals surface area contributed by atoms with Crippen molar-refractivity contribution in [2.75, 3.05) is 18.5 Å².